The summed E-state index contributed by atoms with van der Waals surface area (Å²) in [6.07, 6.45) is 0. The lowest BCUT2D eigenvalue weighted by molar-refractivity contribution is 1.08. The van der Waals surface area contributed by atoms with Crippen molar-refractivity contribution in [2.75, 3.05) is 0 Å². The van der Waals surface area contributed by atoms with Gasteiger partial charge in [-0.3, -0.25) is 5.10 Å². The molecular formula is C11H12N2S2. The summed E-state index contributed by atoms with van der Waals surface area (Å²) in [5.41, 5.74) is 5.03. The van der Waals surface area contributed by atoms with Gasteiger partial charge in [0.25, 0.3) is 0 Å². The number of aryl methyl sites for hydroxylation is 3. The summed E-state index contributed by atoms with van der Waals surface area (Å²) in [4.78, 5) is 0. The first-order valence-electron chi connectivity index (χ1n) is 4.71. The molecule has 15 heavy (non-hydrogen) atoms. The first kappa shape index (κ1) is 10.5. The third kappa shape index (κ3) is 2.01. The number of benzene rings is 1. The highest BCUT2D eigenvalue weighted by Crippen LogP contribution is 2.27. The Morgan fingerprint density at radius 1 is 1.13 bits per heavy atom. The molecule has 1 heterocycles. The van der Waals surface area contributed by atoms with Gasteiger partial charge in [-0.05, 0) is 55.7 Å². The summed E-state index contributed by atoms with van der Waals surface area (Å²) >= 11 is 6.55. The van der Waals surface area contributed by atoms with Crippen LogP contribution in [-0.4, -0.2) is 10.2 Å². The molecule has 2 nitrogen and oxygen atoms in total. The number of nitrogens with one attached hydrogen (secondary N) is 1. The maximum absolute atomic E-state index is 5.04. The summed E-state index contributed by atoms with van der Waals surface area (Å²) in [5, 5.41) is 7.99. The van der Waals surface area contributed by atoms with Crippen LogP contribution in [0.5, 0.6) is 0 Å². The van der Waals surface area contributed by atoms with E-state index in [-0.39, 0.29) is 0 Å². The van der Waals surface area contributed by atoms with E-state index in [1.807, 2.05) is 0 Å². The van der Waals surface area contributed by atoms with Gasteiger partial charge in [-0.15, -0.1) is 0 Å². The van der Waals surface area contributed by atoms with Gasteiger partial charge in [0, 0.05) is 5.56 Å². The fourth-order valence-electron chi connectivity index (χ4n) is 1.54. The first-order valence-corrected chi connectivity index (χ1v) is 5.94. The van der Waals surface area contributed by atoms with E-state index in [4.69, 9.17) is 12.2 Å². The number of hydrogen-bond acceptors (Lipinski definition) is 3. The smallest absolute Gasteiger partial charge is 0.176 e. The molecule has 0 unspecified atom stereocenters. The Morgan fingerprint density at radius 3 is 2.40 bits per heavy atom. The molecular weight excluding hydrogens is 224 g/mol. The molecule has 1 aromatic heterocycles. The highest BCUT2D eigenvalue weighted by Gasteiger charge is 2.07. The second-order valence-corrected chi connectivity index (χ2v) is 5.34. The highest BCUT2D eigenvalue weighted by molar-refractivity contribution is 7.73. The largest absolute Gasteiger partial charge is 0.258 e. The van der Waals surface area contributed by atoms with E-state index < -0.39 is 0 Å². The summed E-state index contributed by atoms with van der Waals surface area (Å²) in [6, 6.07) is 4.36. The van der Waals surface area contributed by atoms with Gasteiger partial charge >= 0.3 is 0 Å². The van der Waals surface area contributed by atoms with Crippen molar-refractivity contribution < 1.29 is 0 Å². The molecule has 2 rings (SSSR count). The Balaban J connectivity index is 2.63. The molecule has 0 atom stereocenters. The Labute approximate surface area is 98.0 Å². The average molecular weight is 236 g/mol. The summed E-state index contributed by atoms with van der Waals surface area (Å²) in [6.45, 7) is 6.34. The predicted molar refractivity (Wildman–Crippen MR) is 66.9 cm³/mol. The normalized spacial score (nSPS) is 10.6. The van der Waals surface area contributed by atoms with Crippen molar-refractivity contribution in [3.8, 4) is 10.6 Å². The highest BCUT2D eigenvalue weighted by atomic mass is 32.1. The summed E-state index contributed by atoms with van der Waals surface area (Å²) in [5.74, 6) is 0. The Hall–Kier alpha value is -1.00. The van der Waals surface area contributed by atoms with E-state index in [1.165, 1.54) is 33.6 Å². The number of H-pyrrole nitrogens is 1. The van der Waals surface area contributed by atoms with Gasteiger partial charge in [-0.25, -0.2) is 0 Å². The fraction of sp³-hybridized carbons (Fsp3) is 0.273. The monoisotopic (exact) mass is 236 g/mol. The van der Waals surface area contributed by atoms with Gasteiger partial charge in [0.1, 0.15) is 5.01 Å². The van der Waals surface area contributed by atoms with Crippen molar-refractivity contribution in [3.05, 3.63) is 32.8 Å². The van der Waals surface area contributed by atoms with E-state index in [9.17, 15) is 0 Å². The van der Waals surface area contributed by atoms with E-state index in [0.717, 1.165) is 8.96 Å². The number of aromatic nitrogens is 2. The molecule has 78 valence electrons. The van der Waals surface area contributed by atoms with Crippen LogP contribution in [0.2, 0.25) is 0 Å². The lowest BCUT2D eigenvalue weighted by Gasteiger charge is -2.06. The molecule has 1 aromatic carbocycles. The van der Waals surface area contributed by atoms with Crippen LogP contribution in [0.25, 0.3) is 10.6 Å². The Morgan fingerprint density at radius 2 is 1.80 bits per heavy atom. The van der Waals surface area contributed by atoms with Crippen molar-refractivity contribution in [1.29, 1.82) is 0 Å². The van der Waals surface area contributed by atoms with Crippen LogP contribution < -0.4 is 0 Å². The molecule has 0 fully saturated rings. The number of nitrogens with zero attached hydrogens (tertiary/aromatic N) is 1. The average Bonchev–Trinajstić information content (AvgIpc) is 2.58. The van der Waals surface area contributed by atoms with Crippen molar-refractivity contribution in [3.63, 3.8) is 0 Å². The van der Waals surface area contributed by atoms with Gasteiger partial charge < -0.3 is 0 Å². The number of rotatable bonds is 1. The van der Waals surface area contributed by atoms with Gasteiger partial charge in [0.15, 0.2) is 3.95 Å². The topological polar surface area (TPSA) is 28.7 Å². The second kappa shape index (κ2) is 3.87. The van der Waals surface area contributed by atoms with Crippen molar-refractivity contribution in [2.24, 2.45) is 0 Å². The molecule has 0 aliphatic heterocycles. The van der Waals surface area contributed by atoms with E-state index in [1.54, 1.807) is 0 Å². The fourth-order valence-corrected chi connectivity index (χ4v) is 2.51. The van der Waals surface area contributed by atoms with E-state index >= 15 is 0 Å². The van der Waals surface area contributed by atoms with Gasteiger partial charge in [0.05, 0.1) is 0 Å². The van der Waals surface area contributed by atoms with E-state index in [0.29, 0.717) is 0 Å². The predicted octanol–water partition coefficient (Wildman–Crippen LogP) is 3.79. The lowest BCUT2D eigenvalue weighted by Crippen LogP contribution is -1.88. The van der Waals surface area contributed by atoms with Crippen LogP contribution in [-0.2, 0) is 0 Å². The zero-order chi connectivity index (χ0) is 11.0. The SMILES string of the molecule is Cc1cc(C)c(-c2n[nH]c(=S)s2)cc1C. The molecule has 0 radical (unpaired) electrons. The molecule has 0 saturated heterocycles. The van der Waals surface area contributed by atoms with Crippen molar-refractivity contribution in [2.45, 2.75) is 20.8 Å². The van der Waals surface area contributed by atoms with Crippen LogP contribution in [0.1, 0.15) is 16.7 Å². The van der Waals surface area contributed by atoms with Crippen LogP contribution in [0.15, 0.2) is 12.1 Å². The molecule has 0 amide bonds. The molecule has 2 aromatic rings. The van der Waals surface area contributed by atoms with Gasteiger partial charge in [-0.1, -0.05) is 17.4 Å². The van der Waals surface area contributed by atoms with Crippen molar-refractivity contribution >= 4 is 23.6 Å². The summed E-state index contributed by atoms with van der Waals surface area (Å²) in [7, 11) is 0. The van der Waals surface area contributed by atoms with Gasteiger partial charge in [0.2, 0.25) is 0 Å². The van der Waals surface area contributed by atoms with Crippen LogP contribution >= 0.6 is 23.6 Å². The molecule has 0 aliphatic rings. The minimum atomic E-state index is 0.725. The molecule has 0 saturated carbocycles. The second-order valence-electron chi connectivity index (χ2n) is 3.67. The molecule has 4 heteroatoms. The molecule has 0 bridgehead atoms. The third-order valence-corrected chi connectivity index (χ3v) is 3.63. The molecule has 0 spiro atoms. The maximum atomic E-state index is 5.04. The molecule has 1 N–H and O–H groups in total. The lowest BCUT2D eigenvalue weighted by atomic mass is 10.0. The first-order chi connectivity index (χ1) is 7.08. The Bertz CT molecular complexity index is 552. The maximum Gasteiger partial charge on any atom is 0.176 e. The number of hydrogen-bond donors (Lipinski definition) is 1. The minimum Gasteiger partial charge on any atom is -0.258 e. The zero-order valence-electron chi connectivity index (χ0n) is 8.92. The summed E-state index contributed by atoms with van der Waals surface area (Å²) < 4.78 is 0.725. The standard InChI is InChI=1S/C11H12N2S2/c1-6-4-8(3)9(5-7(6)2)10-12-13-11(14)15-10/h4-5H,1-3H3,(H,13,14). The van der Waals surface area contributed by atoms with Crippen LogP contribution in [0, 0.1) is 24.7 Å². The third-order valence-electron chi connectivity index (χ3n) is 2.51. The van der Waals surface area contributed by atoms with Crippen LogP contribution in [0.4, 0.5) is 0 Å². The minimum absolute atomic E-state index is 0.725. The van der Waals surface area contributed by atoms with Crippen molar-refractivity contribution in [1.82, 2.24) is 10.2 Å². The number of aromatic amines is 1. The quantitative estimate of drug-likeness (QED) is 0.763. The van der Waals surface area contributed by atoms with Gasteiger partial charge in [-0.2, -0.15) is 5.10 Å². The Kier molecular flexibility index (Phi) is 2.71. The zero-order valence-corrected chi connectivity index (χ0v) is 10.6. The molecule has 0 aliphatic carbocycles. The van der Waals surface area contributed by atoms with E-state index in [2.05, 4.69) is 43.1 Å². The van der Waals surface area contributed by atoms with Crippen LogP contribution in [0.3, 0.4) is 0 Å².